The van der Waals surface area contributed by atoms with Crippen LogP contribution in [0.5, 0.6) is 0 Å². The van der Waals surface area contributed by atoms with E-state index in [1.165, 1.54) is 32.1 Å². The predicted molar refractivity (Wildman–Crippen MR) is 93.3 cm³/mol. The van der Waals surface area contributed by atoms with Gasteiger partial charge in [0.05, 0.1) is 6.04 Å². The maximum absolute atomic E-state index is 4.82. The summed E-state index contributed by atoms with van der Waals surface area (Å²) >= 11 is 1.70. The van der Waals surface area contributed by atoms with E-state index in [2.05, 4.69) is 23.7 Å². The standard InChI is InChI=1S/C14H20N2S.HI/c1-17-14(15-12-8-4-2-5-9-12)16-13-10-6-3-7-11-13;/h2,4-5,8-9,13H,3,6-7,10-11H2,1H3,(H,15,16);1H. The van der Waals surface area contributed by atoms with Crippen LogP contribution in [0, 0.1) is 0 Å². The van der Waals surface area contributed by atoms with Crippen LogP contribution in [0.1, 0.15) is 32.1 Å². The third-order valence-corrected chi connectivity index (χ3v) is 3.69. The monoisotopic (exact) mass is 376 g/mol. The minimum absolute atomic E-state index is 0. The Balaban J connectivity index is 0.00000162. The Kier molecular flexibility index (Phi) is 7.74. The summed E-state index contributed by atoms with van der Waals surface area (Å²) in [6.45, 7) is 0. The largest absolute Gasteiger partial charge is 0.335 e. The van der Waals surface area contributed by atoms with E-state index in [1.54, 1.807) is 11.8 Å². The van der Waals surface area contributed by atoms with E-state index in [0.717, 1.165) is 10.9 Å². The topological polar surface area (TPSA) is 24.4 Å². The summed E-state index contributed by atoms with van der Waals surface area (Å²) < 4.78 is 0. The van der Waals surface area contributed by atoms with E-state index in [-0.39, 0.29) is 24.0 Å². The number of hydrogen-bond donors (Lipinski definition) is 1. The van der Waals surface area contributed by atoms with Crippen LogP contribution in [-0.2, 0) is 0 Å². The van der Waals surface area contributed by atoms with E-state index in [1.807, 2.05) is 18.2 Å². The van der Waals surface area contributed by atoms with Gasteiger partial charge in [-0.15, -0.1) is 24.0 Å². The van der Waals surface area contributed by atoms with Gasteiger partial charge in [0, 0.05) is 5.69 Å². The SMILES string of the molecule is CSC(=NC1CCCCC1)Nc1ccccc1.I. The van der Waals surface area contributed by atoms with E-state index >= 15 is 0 Å². The molecule has 0 saturated heterocycles. The number of benzene rings is 1. The second kappa shape index (κ2) is 8.80. The van der Waals surface area contributed by atoms with Crippen molar-refractivity contribution in [1.82, 2.24) is 0 Å². The van der Waals surface area contributed by atoms with E-state index < -0.39 is 0 Å². The third kappa shape index (κ3) is 5.18. The molecule has 0 unspecified atom stereocenters. The maximum atomic E-state index is 4.82. The molecular formula is C14H21IN2S. The zero-order valence-corrected chi connectivity index (χ0v) is 13.9. The fraction of sp³-hybridized carbons (Fsp3) is 0.500. The van der Waals surface area contributed by atoms with Crippen LogP contribution in [0.4, 0.5) is 5.69 Å². The average Bonchev–Trinajstić information content (AvgIpc) is 2.40. The average molecular weight is 376 g/mol. The summed E-state index contributed by atoms with van der Waals surface area (Å²) in [7, 11) is 0. The summed E-state index contributed by atoms with van der Waals surface area (Å²) in [6.07, 6.45) is 8.63. The molecule has 0 aliphatic heterocycles. The number of anilines is 1. The normalized spacial score (nSPS) is 17.1. The second-order valence-electron chi connectivity index (χ2n) is 4.42. The van der Waals surface area contributed by atoms with Gasteiger partial charge in [0.25, 0.3) is 0 Å². The number of nitrogens with one attached hydrogen (secondary N) is 1. The Morgan fingerprint density at radius 2 is 1.83 bits per heavy atom. The van der Waals surface area contributed by atoms with Crippen molar-refractivity contribution in [2.45, 2.75) is 38.1 Å². The van der Waals surface area contributed by atoms with Gasteiger partial charge in [-0.05, 0) is 31.2 Å². The van der Waals surface area contributed by atoms with Gasteiger partial charge in [-0.2, -0.15) is 0 Å². The van der Waals surface area contributed by atoms with Crippen molar-refractivity contribution in [2.24, 2.45) is 4.99 Å². The molecule has 1 N–H and O–H groups in total. The summed E-state index contributed by atoms with van der Waals surface area (Å²) in [5, 5.41) is 4.43. The fourth-order valence-electron chi connectivity index (χ4n) is 2.16. The molecule has 1 aromatic carbocycles. The summed E-state index contributed by atoms with van der Waals surface area (Å²) in [4.78, 5) is 4.82. The van der Waals surface area contributed by atoms with Gasteiger partial charge in [0.2, 0.25) is 0 Å². The van der Waals surface area contributed by atoms with Gasteiger partial charge < -0.3 is 5.32 Å². The molecule has 2 nitrogen and oxygen atoms in total. The molecule has 1 saturated carbocycles. The molecule has 0 bridgehead atoms. The second-order valence-corrected chi connectivity index (χ2v) is 5.22. The number of para-hydroxylation sites is 1. The van der Waals surface area contributed by atoms with E-state index in [9.17, 15) is 0 Å². The first-order valence-corrected chi connectivity index (χ1v) is 7.55. The molecule has 100 valence electrons. The summed E-state index contributed by atoms with van der Waals surface area (Å²) in [5.74, 6) is 0. The van der Waals surface area contributed by atoms with Crippen LogP contribution >= 0.6 is 35.7 Å². The molecule has 1 aromatic rings. The number of halogens is 1. The predicted octanol–water partition coefficient (Wildman–Crippen LogP) is 4.77. The molecular weight excluding hydrogens is 355 g/mol. The molecule has 1 fully saturated rings. The van der Waals surface area contributed by atoms with Gasteiger partial charge in [0.1, 0.15) is 0 Å². The minimum atomic E-state index is 0. The quantitative estimate of drug-likeness (QED) is 0.457. The van der Waals surface area contributed by atoms with Crippen molar-refractivity contribution in [2.75, 3.05) is 11.6 Å². The molecule has 2 rings (SSSR count). The first-order chi connectivity index (χ1) is 8.38. The number of nitrogens with zero attached hydrogens (tertiary/aromatic N) is 1. The number of thioether (sulfide) groups is 1. The lowest BCUT2D eigenvalue weighted by Crippen LogP contribution is -2.15. The number of amidine groups is 1. The Hall–Kier alpha value is -0.230. The minimum Gasteiger partial charge on any atom is -0.335 e. The molecule has 0 heterocycles. The molecule has 0 amide bonds. The highest BCUT2D eigenvalue weighted by atomic mass is 127. The molecule has 18 heavy (non-hydrogen) atoms. The van der Waals surface area contributed by atoms with Crippen molar-refractivity contribution in [3.05, 3.63) is 30.3 Å². The van der Waals surface area contributed by atoms with Gasteiger partial charge in [0.15, 0.2) is 5.17 Å². The Morgan fingerprint density at radius 1 is 1.17 bits per heavy atom. The van der Waals surface area contributed by atoms with Crippen LogP contribution in [0.25, 0.3) is 0 Å². The molecule has 0 spiro atoms. The van der Waals surface area contributed by atoms with Gasteiger partial charge >= 0.3 is 0 Å². The molecule has 1 aliphatic rings. The van der Waals surface area contributed by atoms with Gasteiger partial charge in [-0.1, -0.05) is 49.2 Å². The molecule has 0 aromatic heterocycles. The Morgan fingerprint density at radius 3 is 2.44 bits per heavy atom. The smallest absolute Gasteiger partial charge is 0.161 e. The van der Waals surface area contributed by atoms with Gasteiger partial charge in [-0.25, -0.2) is 0 Å². The number of rotatable bonds is 2. The van der Waals surface area contributed by atoms with Crippen molar-refractivity contribution < 1.29 is 0 Å². The zero-order chi connectivity index (χ0) is 11.9. The van der Waals surface area contributed by atoms with Crippen molar-refractivity contribution in [3.63, 3.8) is 0 Å². The molecule has 0 radical (unpaired) electrons. The highest BCUT2D eigenvalue weighted by molar-refractivity contribution is 14.0. The highest BCUT2D eigenvalue weighted by Gasteiger charge is 2.12. The van der Waals surface area contributed by atoms with E-state index in [4.69, 9.17) is 4.99 Å². The number of hydrogen-bond acceptors (Lipinski definition) is 2. The fourth-order valence-corrected chi connectivity index (χ4v) is 2.63. The van der Waals surface area contributed by atoms with Crippen LogP contribution in [0.2, 0.25) is 0 Å². The van der Waals surface area contributed by atoms with E-state index in [0.29, 0.717) is 6.04 Å². The van der Waals surface area contributed by atoms with Crippen LogP contribution in [0.15, 0.2) is 35.3 Å². The van der Waals surface area contributed by atoms with Gasteiger partial charge in [-0.3, -0.25) is 4.99 Å². The lowest BCUT2D eigenvalue weighted by atomic mass is 9.96. The molecule has 4 heteroatoms. The first kappa shape index (κ1) is 15.8. The molecule has 1 aliphatic carbocycles. The Labute approximate surface area is 131 Å². The zero-order valence-electron chi connectivity index (χ0n) is 10.8. The lowest BCUT2D eigenvalue weighted by molar-refractivity contribution is 0.444. The summed E-state index contributed by atoms with van der Waals surface area (Å²) in [5.41, 5.74) is 1.12. The third-order valence-electron chi connectivity index (χ3n) is 3.09. The van der Waals surface area contributed by atoms with Crippen molar-refractivity contribution >= 4 is 46.6 Å². The van der Waals surface area contributed by atoms with Crippen LogP contribution < -0.4 is 5.32 Å². The number of aliphatic imine (C=N–C) groups is 1. The Bertz CT molecular complexity index is 361. The molecule has 0 atom stereocenters. The lowest BCUT2D eigenvalue weighted by Gasteiger charge is -2.19. The van der Waals surface area contributed by atoms with Crippen LogP contribution in [0.3, 0.4) is 0 Å². The van der Waals surface area contributed by atoms with Crippen molar-refractivity contribution in [1.29, 1.82) is 0 Å². The first-order valence-electron chi connectivity index (χ1n) is 6.32. The highest BCUT2D eigenvalue weighted by Crippen LogP contribution is 2.21. The van der Waals surface area contributed by atoms with Crippen molar-refractivity contribution in [3.8, 4) is 0 Å². The maximum Gasteiger partial charge on any atom is 0.161 e. The van der Waals surface area contributed by atoms with Crippen LogP contribution in [-0.4, -0.2) is 17.5 Å². The summed E-state index contributed by atoms with van der Waals surface area (Å²) in [6, 6.07) is 10.8.